The molecule has 3 nitrogen and oxygen atoms in total. The smallest absolute Gasteiger partial charge is 0.164 e. The summed E-state index contributed by atoms with van der Waals surface area (Å²) in [6, 6.07) is 62.8. The Balaban J connectivity index is 1.22. The Morgan fingerprint density at radius 3 is 1.60 bits per heavy atom. The maximum absolute atomic E-state index is 5.32. The molecule has 0 unspecified atom stereocenters. The summed E-state index contributed by atoms with van der Waals surface area (Å²) >= 11 is 0. The lowest BCUT2D eigenvalue weighted by atomic mass is 9.94. The summed E-state index contributed by atoms with van der Waals surface area (Å²) in [5, 5.41) is 7.79. The van der Waals surface area contributed by atoms with Gasteiger partial charge < -0.3 is 0 Å². The molecule has 53 heavy (non-hydrogen) atoms. The first-order valence-electron chi connectivity index (χ1n) is 18.2. The zero-order chi connectivity index (χ0) is 35.5. The van der Waals surface area contributed by atoms with Gasteiger partial charge >= 0.3 is 0 Å². The van der Waals surface area contributed by atoms with Crippen molar-refractivity contribution in [2.75, 3.05) is 0 Å². The molecular formula is C49H35N3Si. The highest BCUT2D eigenvalue weighted by molar-refractivity contribution is 7.04. The molecule has 1 aliphatic heterocycles. The Labute approximate surface area is 310 Å². The first-order chi connectivity index (χ1) is 26.0. The van der Waals surface area contributed by atoms with E-state index >= 15 is 0 Å². The van der Waals surface area contributed by atoms with Crippen LogP contribution in [0.25, 0.3) is 89.1 Å². The third-order valence-electron chi connectivity index (χ3n) is 11.0. The van der Waals surface area contributed by atoms with Gasteiger partial charge in [-0.25, -0.2) is 15.0 Å². The van der Waals surface area contributed by atoms with Crippen molar-refractivity contribution in [1.82, 2.24) is 15.0 Å². The molecule has 0 spiro atoms. The summed E-state index contributed by atoms with van der Waals surface area (Å²) in [5.41, 5.74) is 10.2. The second kappa shape index (κ2) is 12.3. The van der Waals surface area contributed by atoms with Crippen LogP contribution in [-0.4, -0.2) is 23.0 Å². The molecule has 0 N–H and O–H groups in total. The van der Waals surface area contributed by atoms with Crippen LogP contribution in [0.3, 0.4) is 0 Å². The zero-order valence-corrected chi connectivity index (χ0v) is 30.6. The first kappa shape index (κ1) is 31.3. The van der Waals surface area contributed by atoms with Crippen molar-refractivity contribution in [1.29, 1.82) is 0 Å². The fourth-order valence-electron chi connectivity index (χ4n) is 8.32. The zero-order valence-electron chi connectivity index (χ0n) is 29.6. The molecule has 0 radical (unpaired) electrons. The van der Waals surface area contributed by atoms with Gasteiger partial charge in [0.15, 0.2) is 17.5 Å². The molecule has 250 valence electrons. The number of hydrogen-bond donors (Lipinski definition) is 0. The minimum Gasteiger partial charge on any atom is -0.208 e. The minimum atomic E-state index is -1.91. The predicted octanol–water partition coefficient (Wildman–Crippen LogP) is 11.3. The summed E-state index contributed by atoms with van der Waals surface area (Å²) in [5.74, 6) is 1.98. The minimum absolute atomic E-state index is 0.654. The van der Waals surface area contributed by atoms with Gasteiger partial charge in [0.25, 0.3) is 0 Å². The van der Waals surface area contributed by atoms with Crippen LogP contribution in [0.5, 0.6) is 0 Å². The summed E-state index contributed by atoms with van der Waals surface area (Å²) in [6.45, 7) is 4.94. The van der Waals surface area contributed by atoms with Crippen molar-refractivity contribution < 1.29 is 0 Å². The number of aromatic nitrogens is 3. The largest absolute Gasteiger partial charge is 0.208 e. The number of hydrogen-bond acceptors (Lipinski definition) is 3. The molecule has 8 aromatic carbocycles. The number of fused-ring (bicyclic) bond motifs is 6. The molecule has 10 rings (SSSR count). The van der Waals surface area contributed by atoms with Crippen molar-refractivity contribution in [3.63, 3.8) is 0 Å². The van der Waals surface area contributed by atoms with E-state index < -0.39 is 8.07 Å². The van der Waals surface area contributed by atoms with Crippen molar-refractivity contribution in [3.8, 4) is 67.5 Å². The van der Waals surface area contributed by atoms with Gasteiger partial charge in [0.1, 0.15) is 8.07 Å². The lowest BCUT2D eigenvalue weighted by Crippen LogP contribution is -2.49. The quantitative estimate of drug-likeness (QED) is 0.168. The summed E-state index contributed by atoms with van der Waals surface area (Å²) < 4.78 is 0. The van der Waals surface area contributed by atoms with Crippen molar-refractivity contribution >= 4 is 40.0 Å². The Hall–Kier alpha value is -6.49. The monoisotopic (exact) mass is 693 g/mol. The highest BCUT2D eigenvalue weighted by atomic mass is 28.3. The Morgan fingerprint density at radius 1 is 0.340 bits per heavy atom. The van der Waals surface area contributed by atoms with Crippen LogP contribution >= 0.6 is 0 Å². The van der Waals surface area contributed by atoms with Gasteiger partial charge in [-0.1, -0.05) is 177 Å². The van der Waals surface area contributed by atoms with E-state index in [0.29, 0.717) is 17.5 Å². The maximum Gasteiger partial charge on any atom is 0.164 e. The Morgan fingerprint density at radius 2 is 0.868 bits per heavy atom. The molecular weight excluding hydrogens is 659 g/mol. The molecule has 0 saturated heterocycles. The summed E-state index contributed by atoms with van der Waals surface area (Å²) in [6.07, 6.45) is 0. The van der Waals surface area contributed by atoms with E-state index in [2.05, 4.69) is 189 Å². The van der Waals surface area contributed by atoms with Crippen molar-refractivity contribution in [2.45, 2.75) is 13.1 Å². The molecule has 1 aromatic heterocycles. The van der Waals surface area contributed by atoms with Crippen LogP contribution in [-0.2, 0) is 0 Å². The second-order valence-electron chi connectivity index (χ2n) is 14.4. The van der Waals surface area contributed by atoms with Crippen LogP contribution in [0.15, 0.2) is 176 Å². The Bertz CT molecular complexity index is 2860. The van der Waals surface area contributed by atoms with Crippen molar-refractivity contribution in [2.24, 2.45) is 0 Å². The summed E-state index contributed by atoms with van der Waals surface area (Å²) in [7, 11) is -1.91. The highest BCUT2D eigenvalue weighted by Crippen LogP contribution is 2.39. The fourth-order valence-corrected chi connectivity index (χ4v) is 11.4. The van der Waals surface area contributed by atoms with Gasteiger partial charge in [0.05, 0.1) is 0 Å². The third-order valence-corrected chi connectivity index (χ3v) is 14.5. The Kier molecular flexibility index (Phi) is 7.27. The van der Waals surface area contributed by atoms with E-state index in [9.17, 15) is 0 Å². The number of nitrogens with zero attached hydrogens (tertiary/aromatic N) is 3. The molecule has 4 heteroatoms. The van der Waals surface area contributed by atoms with E-state index in [1.165, 1.54) is 43.4 Å². The van der Waals surface area contributed by atoms with E-state index in [1.807, 2.05) is 0 Å². The van der Waals surface area contributed by atoms with Gasteiger partial charge in [-0.05, 0) is 77.4 Å². The van der Waals surface area contributed by atoms with Crippen LogP contribution in [0.2, 0.25) is 13.1 Å². The van der Waals surface area contributed by atoms with Gasteiger partial charge in [-0.2, -0.15) is 0 Å². The van der Waals surface area contributed by atoms with E-state index in [4.69, 9.17) is 15.0 Å². The van der Waals surface area contributed by atoms with Crippen LogP contribution in [0, 0.1) is 0 Å². The molecule has 1 aliphatic rings. The average Bonchev–Trinajstić information content (AvgIpc) is 3.46. The molecule has 0 fully saturated rings. The molecule has 0 bridgehead atoms. The van der Waals surface area contributed by atoms with E-state index in [-0.39, 0.29) is 0 Å². The fraction of sp³-hybridized carbons (Fsp3) is 0.0408. The van der Waals surface area contributed by atoms with Crippen molar-refractivity contribution in [3.05, 3.63) is 176 Å². The van der Waals surface area contributed by atoms with E-state index in [0.717, 1.165) is 38.6 Å². The van der Waals surface area contributed by atoms with Gasteiger partial charge in [0.2, 0.25) is 0 Å². The van der Waals surface area contributed by atoms with Crippen LogP contribution in [0.4, 0.5) is 0 Å². The average molecular weight is 694 g/mol. The standard InChI is InChI=1S/C49H35N3Si/c1-53(2)44-29-26-35(31-43(44)46-38-21-10-9-19-34(38)25-30-45(46)53)47-50-48(41-24-14-11-20-36(41)32-15-5-3-6-16-32)52-49(51-47)42-28-27-37(33-17-7-4-8-18-33)39-22-12-13-23-40(39)42/h3-31H,1-2H3. The van der Waals surface area contributed by atoms with Crippen LogP contribution in [0.1, 0.15) is 0 Å². The SMILES string of the molecule is C[Si]1(C)c2ccc(-c3nc(-c4ccccc4-c4ccccc4)nc(-c4ccc(-c5ccccc5)c5ccccc45)n3)cc2-c2c1ccc1ccccc21. The second-order valence-corrected chi connectivity index (χ2v) is 18.7. The van der Waals surface area contributed by atoms with Gasteiger partial charge in [-0.3, -0.25) is 0 Å². The number of benzene rings is 8. The topological polar surface area (TPSA) is 38.7 Å². The number of rotatable bonds is 5. The van der Waals surface area contributed by atoms with Gasteiger partial charge in [0, 0.05) is 16.7 Å². The molecule has 0 aliphatic carbocycles. The lowest BCUT2D eigenvalue weighted by molar-refractivity contribution is 1.08. The van der Waals surface area contributed by atoms with E-state index in [1.54, 1.807) is 0 Å². The molecule has 9 aromatic rings. The first-order valence-corrected chi connectivity index (χ1v) is 21.2. The predicted molar refractivity (Wildman–Crippen MR) is 224 cm³/mol. The van der Waals surface area contributed by atoms with Crippen LogP contribution < -0.4 is 10.4 Å². The normalized spacial score (nSPS) is 12.9. The molecule has 0 amide bonds. The summed E-state index contributed by atoms with van der Waals surface area (Å²) in [4.78, 5) is 15.9. The highest BCUT2D eigenvalue weighted by Gasteiger charge is 2.38. The van der Waals surface area contributed by atoms with Gasteiger partial charge in [-0.15, -0.1) is 0 Å². The molecule has 0 saturated carbocycles. The molecule has 2 heterocycles. The maximum atomic E-state index is 5.32. The lowest BCUT2D eigenvalue weighted by Gasteiger charge is -2.19. The third kappa shape index (κ3) is 5.14. The molecule has 0 atom stereocenters.